The molecule has 0 aliphatic rings. The fourth-order valence-corrected chi connectivity index (χ4v) is 2.36. The molecule has 0 aliphatic carbocycles. The number of rotatable bonds is 3. The van der Waals surface area contributed by atoms with E-state index in [1.165, 1.54) is 7.11 Å². The zero-order chi connectivity index (χ0) is 16.5. The number of hydrogen-bond donors (Lipinski definition) is 0. The maximum Gasteiger partial charge on any atom is 0.349 e. The van der Waals surface area contributed by atoms with E-state index in [9.17, 15) is 4.79 Å². The van der Waals surface area contributed by atoms with Crippen LogP contribution in [0.4, 0.5) is 0 Å². The maximum absolute atomic E-state index is 12.3. The average molecular weight is 321 g/mol. The van der Waals surface area contributed by atoms with Gasteiger partial charge in [-0.15, -0.1) is 0 Å². The molecule has 4 rings (SSSR count). The fourth-order valence-electron chi connectivity index (χ4n) is 2.36. The lowest BCUT2D eigenvalue weighted by molar-refractivity contribution is 0.405. The zero-order valence-corrected chi connectivity index (χ0v) is 12.6. The molecule has 7 nitrogen and oxygen atoms in total. The summed E-state index contributed by atoms with van der Waals surface area (Å²) in [7, 11) is 1.51. The van der Waals surface area contributed by atoms with Crippen LogP contribution in [0.15, 0.2) is 62.4 Å². The van der Waals surface area contributed by atoms with E-state index < -0.39 is 5.63 Å². The molecule has 4 aromatic rings. The van der Waals surface area contributed by atoms with Crippen molar-refractivity contribution in [3.63, 3.8) is 0 Å². The molecule has 3 aromatic heterocycles. The van der Waals surface area contributed by atoms with Gasteiger partial charge in [-0.1, -0.05) is 23.4 Å². The van der Waals surface area contributed by atoms with Gasteiger partial charge >= 0.3 is 5.63 Å². The third-order valence-corrected chi connectivity index (χ3v) is 3.49. The molecule has 24 heavy (non-hydrogen) atoms. The number of methoxy groups -OCH3 is 1. The Morgan fingerprint density at radius 3 is 2.83 bits per heavy atom. The Kier molecular flexibility index (Phi) is 3.31. The highest BCUT2D eigenvalue weighted by atomic mass is 16.5. The van der Waals surface area contributed by atoms with Crippen molar-refractivity contribution in [2.45, 2.75) is 0 Å². The van der Waals surface area contributed by atoms with Crippen molar-refractivity contribution in [2.24, 2.45) is 0 Å². The Morgan fingerprint density at radius 2 is 2.04 bits per heavy atom. The van der Waals surface area contributed by atoms with Gasteiger partial charge in [0.05, 0.1) is 7.11 Å². The fraction of sp³-hybridized carbons (Fsp3) is 0.0588. The second kappa shape index (κ2) is 5.62. The third kappa shape index (κ3) is 2.32. The third-order valence-electron chi connectivity index (χ3n) is 3.49. The predicted molar refractivity (Wildman–Crippen MR) is 85.6 cm³/mol. The van der Waals surface area contributed by atoms with Gasteiger partial charge < -0.3 is 13.7 Å². The average Bonchev–Trinajstić information content (AvgIpc) is 3.11. The number of pyridine rings is 1. The minimum Gasteiger partial charge on any atom is -0.493 e. The predicted octanol–water partition coefficient (Wildman–Crippen LogP) is 2.91. The van der Waals surface area contributed by atoms with Crippen molar-refractivity contribution in [3.8, 4) is 28.7 Å². The Bertz CT molecular complexity index is 1070. The summed E-state index contributed by atoms with van der Waals surface area (Å²) in [5.74, 6) is 0.862. The number of fused-ring (bicyclic) bond motifs is 1. The van der Waals surface area contributed by atoms with Crippen LogP contribution >= 0.6 is 0 Å². The number of para-hydroxylation sites is 1. The molecule has 0 unspecified atom stereocenters. The SMILES string of the molecule is COc1cccc2cc(-c3nc(-c4ccccn4)no3)c(=O)oc12. The van der Waals surface area contributed by atoms with Crippen LogP contribution in [0.2, 0.25) is 0 Å². The lowest BCUT2D eigenvalue weighted by atomic mass is 10.1. The van der Waals surface area contributed by atoms with E-state index in [4.69, 9.17) is 13.7 Å². The topological polar surface area (TPSA) is 91.3 Å². The molecule has 0 N–H and O–H groups in total. The minimum atomic E-state index is -0.580. The van der Waals surface area contributed by atoms with Gasteiger partial charge in [-0.2, -0.15) is 4.98 Å². The van der Waals surface area contributed by atoms with Gasteiger partial charge in [0.1, 0.15) is 11.3 Å². The van der Waals surface area contributed by atoms with Gasteiger partial charge in [0.15, 0.2) is 11.3 Å². The summed E-state index contributed by atoms with van der Waals surface area (Å²) in [6.07, 6.45) is 1.63. The van der Waals surface area contributed by atoms with Crippen LogP contribution in [0.3, 0.4) is 0 Å². The molecule has 0 saturated carbocycles. The number of nitrogens with zero attached hydrogens (tertiary/aromatic N) is 3. The van der Waals surface area contributed by atoms with E-state index in [0.717, 1.165) is 0 Å². The van der Waals surface area contributed by atoms with Gasteiger partial charge in [0.2, 0.25) is 5.82 Å². The molecule has 7 heteroatoms. The van der Waals surface area contributed by atoms with Crippen LogP contribution in [0, 0.1) is 0 Å². The van der Waals surface area contributed by atoms with Gasteiger partial charge in [-0.3, -0.25) is 4.98 Å². The largest absolute Gasteiger partial charge is 0.493 e. The van der Waals surface area contributed by atoms with E-state index in [-0.39, 0.29) is 11.5 Å². The molecule has 0 bridgehead atoms. The van der Waals surface area contributed by atoms with E-state index in [0.29, 0.717) is 28.2 Å². The van der Waals surface area contributed by atoms with Crippen LogP contribution in [-0.4, -0.2) is 22.2 Å². The summed E-state index contributed by atoms with van der Waals surface area (Å²) in [6, 6.07) is 12.3. The van der Waals surface area contributed by atoms with Crippen LogP contribution in [-0.2, 0) is 0 Å². The number of benzene rings is 1. The van der Waals surface area contributed by atoms with Crippen molar-refractivity contribution < 1.29 is 13.7 Å². The summed E-state index contributed by atoms with van der Waals surface area (Å²) >= 11 is 0. The highest BCUT2D eigenvalue weighted by Crippen LogP contribution is 2.27. The van der Waals surface area contributed by atoms with E-state index in [1.54, 1.807) is 42.6 Å². The first-order chi connectivity index (χ1) is 11.8. The molecule has 0 fully saturated rings. The second-order valence-electron chi connectivity index (χ2n) is 4.96. The molecule has 0 radical (unpaired) electrons. The summed E-state index contributed by atoms with van der Waals surface area (Å²) < 4.78 is 15.8. The van der Waals surface area contributed by atoms with Crippen molar-refractivity contribution in [2.75, 3.05) is 7.11 Å². The summed E-state index contributed by atoms with van der Waals surface area (Å²) in [4.78, 5) is 20.7. The lowest BCUT2D eigenvalue weighted by Crippen LogP contribution is -2.03. The molecule has 118 valence electrons. The standard InChI is InChI=1S/C17H11N3O4/c1-22-13-7-4-5-10-9-11(17(21)23-14(10)13)16-19-15(20-24-16)12-6-2-3-8-18-12/h2-9H,1H3. The van der Waals surface area contributed by atoms with E-state index in [1.807, 2.05) is 6.07 Å². The van der Waals surface area contributed by atoms with E-state index >= 15 is 0 Å². The van der Waals surface area contributed by atoms with Crippen molar-refractivity contribution in [1.29, 1.82) is 0 Å². The number of hydrogen-bond acceptors (Lipinski definition) is 7. The Hall–Kier alpha value is -3.48. The first-order valence-electron chi connectivity index (χ1n) is 7.12. The van der Waals surface area contributed by atoms with Gasteiger partial charge in [0, 0.05) is 11.6 Å². The zero-order valence-electron chi connectivity index (χ0n) is 12.6. The van der Waals surface area contributed by atoms with Crippen LogP contribution in [0.5, 0.6) is 5.75 Å². The number of aromatic nitrogens is 3. The highest BCUT2D eigenvalue weighted by Gasteiger charge is 2.17. The Morgan fingerprint density at radius 1 is 1.12 bits per heavy atom. The monoisotopic (exact) mass is 321 g/mol. The Balaban J connectivity index is 1.84. The first-order valence-corrected chi connectivity index (χ1v) is 7.12. The summed E-state index contributed by atoms with van der Waals surface area (Å²) in [6.45, 7) is 0. The Labute approximate surface area is 135 Å². The number of ether oxygens (including phenoxy) is 1. The molecular weight excluding hydrogens is 310 g/mol. The minimum absolute atomic E-state index is 0.0779. The second-order valence-corrected chi connectivity index (χ2v) is 4.96. The molecule has 3 heterocycles. The van der Waals surface area contributed by atoms with E-state index in [2.05, 4.69) is 15.1 Å². The van der Waals surface area contributed by atoms with Gasteiger partial charge in [-0.05, 0) is 24.3 Å². The normalized spacial score (nSPS) is 10.9. The molecule has 0 amide bonds. The van der Waals surface area contributed by atoms with Gasteiger partial charge in [-0.25, -0.2) is 4.79 Å². The van der Waals surface area contributed by atoms with Crippen molar-refractivity contribution in [3.05, 3.63) is 59.1 Å². The first kappa shape index (κ1) is 14.1. The molecular formula is C17H11N3O4. The molecule has 0 atom stereocenters. The van der Waals surface area contributed by atoms with Crippen molar-refractivity contribution >= 4 is 11.0 Å². The van der Waals surface area contributed by atoms with Gasteiger partial charge in [0.25, 0.3) is 5.89 Å². The quantitative estimate of drug-likeness (QED) is 0.536. The highest BCUT2D eigenvalue weighted by molar-refractivity contribution is 5.85. The van der Waals surface area contributed by atoms with Crippen LogP contribution < -0.4 is 10.4 Å². The smallest absolute Gasteiger partial charge is 0.349 e. The van der Waals surface area contributed by atoms with Crippen LogP contribution in [0.1, 0.15) is 0 Å². The summed E-state index contributed by atoms with van der Waals surface area (Å²) in [5, 5.41) is 4.56. The lowest BCUT2D eigenvalue weighted by Gasteiger charge is -2.03. The van der Waals surface area contributed by atoms with Crippen LogP contribution in [0.25, 0.3) is 33.9 Å². The summed E-state index contributed by atoms with van der Waals surface area (Å²) in [5.41, 5.74) is 0.534. The molecule has 0 spiro atoms. The maximum atomic E-state index is 12.3. The molecule has 0 saturated heterocycles. The van der Waals surface area contributed by atoms with Crippen molar-refractivity contribution in [1.82, 2.24) is 15.1 Å². The molecule has 0 aliphatic heterocycles. The molecule has 1 aromatic carbocycles.